The van der Waals surface area contributed by atoms with Crippen molar-refractivity contribution in [2.45, 2.75) is 24.8 Å². The zero-order valence-electron chi connectivity index (χ0n) is 6.96. The predicted octanol–water partition coefficient (Wildman–Crippen LogP) is 3.13. The van der Waals surface area contributed by atoms with E-state index in [4.69, 9.17) is 0 Å². The van der Waals surface area contributed by atoms with Crippen LogP contribution in [-0.4, -0.2) is 15.7 Å². The van der Waals surface area contributed by atoms with Gasteiger partial charge in [-0.2, -0.15) is 0 Å². The average molecular weight is 247 g/mol. The molecule has 1 aromatic heterocycles. The number of halogens is 1. The van der Waals surface area contributed by atoms with Crippen LogP contribution in [0.2, 0.25) is 0 Å². The van der Waals surface area contributed by atoms with Crippen LogP contribution in [0.3, 0.4) is 0 Å². The minimum atomic E-state index is 0.858. The average Bonchev–Trinajstić information content (AvgIpc) is 2.05. The summed E-state index contributed by atoms with van der Waals surface area (Å²) < 4.78 is 0.858. The zero-order valence-corrected chi connectivity index (χ0v) is 9.36. The van der Waals surface area contributed by atoms with Crippen molar-refractivity contribution in [2.24, 2.45) is 0 Å². The number of aromatic nitrogens is 2. The summed E-state index contributed by atoms with van der Waals surface area (Å²) in [5.74, 6) is 1.14. The van der Waals surface area contributed by atoms with Crippen LogP contribution in [0.1, 0.15) is 19.8 Å². The molecule has 0 saturated heterocycles. The Balaban J connectivity index is 2.41. The predicted molar refractivity (Wildman–Crippen MR) is 55.4 cm³/mol. The number of rotatable bonds is 4. The molecule has 1 rings (SSSR count). The molecule has 0 aliphatic rings. The molecular formula is C8H11BrN2S. The van der Waals surface area contributed by atoms with E-state index in [1.165, 1.54) is 12.8 Å². The van der Waals surface area contributed by atoms with E-state index < -0.39 is 0 Å². The van der Waals surface area contributed by atoms with Gasteiger partial charge in [-0.1, -0.05) is 13.3 Å². The topological polar surface area (TPSA) is 25.8 Å². The van der Waals surface area contributed by atoms with Crippen molar-refractivity contribution in [2.75, 3.05) is 5.75 Å². The van der Waals surface area contributed by atoms with Crippen LogP contribution < -0.4 is 0 Å². The highest BCUT2D eigenvalue weighted by molar-refractivity contribution is 9.10. The number of hydrogen-bond acceptors (Lipinski definition) is 3. The van der Waals surface area contributed by atoms with Crippen molar-refractivity contribution in [3.8, 4) is 0 Å². The first kappa shape index (κ1) is 9.99. The van der Waals surface area contributed by atoms with Gasteiger partial charge in [-0.15, -0.1) is 11.8 Å². The van der Waals surface area contributed by atoms with Crippen LogP contribution in [0.25, 0.3) is 0 Å². The molecule has 0 amide bonds. The Labute approximate surface area is 85.3 Å². The van der Waals surface area contributed by atoms with E-state index in [1.54, 1.807) is 18.1 Å². The fourth-order valence-corrected chi connectivity index (χ4v) is 2.14. The number of unbranched alkanes of at least 4 members (excludes halogenated alkanes) is 1. The molecule has 0 aromatic carbocycles. The molecule has 0 atom stereocenters. The summed E-state index contributed by atoms with van der Waals surface area (Å²) in [6.07, 6.45) is 4.06. The Morgan fingerprint density at radius 1 is 1.50 bits per heavy atom. The maximum absolute atomic E-state index is 4.13. The summed E-state index contributed by atoms with van der Waals surface area (Å²) >= 11 is 5.08. The molecular weight excluding hydrogens is 236 g/mol. The molecule has 1 aromatic rings. The Morgan fingerprint density at radius 2 is 2.33 bits per heavy atom. The summed E-state index contributed by atoms with van der Waals surface area (Å²) in [6, 6.07) is 1.94. The fraction of sp³-hybridized carbons (Fsp3) is 0.500. The van der Waals surface area contributed by atoms with Gasteiger partial charge in [0.1, 0.15) is 16.0 Å². The van der Waals surface area contributed by atoms with Crippen molar-refractivity contribution < 1.29 is 0 Å². The normalized spacial score (nSPS) is 10.2. The van der Waals surface area contributed by atoms with Crippen molar-refractivity contribution in [1.82, 2.24) is 9.97 Å². The summed E-state index contributed by atoms with van der Waals surface area (Å²) in [7, 11) is 0. The first-order valence-corrected chi connectivity index (χ1v) is 5.71. The molecule has 0 fully saturated rings. The first-order chi connectivity index (χ1) is 5.83. The molecule has 0 saturated carbocycles. The Bertz CT molecular complexity index is 242. The molecule has 4 heteroatoms. The maximum atomic E-state index is 4.13. The molecule has 0 spiro atoms. The van der Waals surface area contributed by atoms with Gasteiger partial charge in [0.15, 0.2) is 0 Å². The summed E-state index contributed by atoms with van der Waals surface area (Å²) in [5.41, 5.74) is 0. The van der Waals surface area contributed by atoms with Gasteiger partial charge in [0.25, 0.3) is 0 Å². The van der Waals surface area contributed by atoms with Crippen LogP contribution in [0.5, 0.6) is 0 Å². The standard InChI is InChI=1S/C8H11BrN2S/c1-2-3-4-12-8-5-7(9)10-6-11-8/h5-6H,2-4H2,1H3. The van der Waals surface area contributed by atoms with Gasteiger partial charge in [0.2, 0.25) is 0 Å². The van der Waals surface area contributed by atoms with E-state index in [9.17, 15) is 0 Å². The second-order valence-electron chi connectivity index (χ2n) is 2.38. The molecule has 1 heterocycles. The molecule has 66 valence electrons. The molecule has 2 nitrogen and oxygen atoms in total. The fourth-order valence-electron chi connectivity index (χ4n) is 0.717. The Kier molecular flexibility index (Phi) is 4.61. The zero-order chi connectivity index (χ0) is 8.81. The Morgan fingerprint density at radius 3 is 3.00 bits per heavy atom. The van der Waals surface area contributed by atoms with Crippen LogP contribution in [0.15, 0.2) is 22.0 Å². The molecule has 0 bridgehead atoms. The van der Waals surface area contributed by atoms with E-state index in [2.05, 4.69) is 32.8 Å². The smallest absolute Gasteiger partial charge is 0.118 e. The highest BCUT2D eigenvalue weighted by atomic mass is 79.9. The minimum Gasteiger partial charge on any atom is -0.230 e. The largest absolute Gasteiger partial charge is 0.230 e. The third-order valence-electron chi connectivity index (χ3n) is 1.36. The third-order valence-corrected chi connectivity index (χ3v) is 2.80. The monoisotopic (exact) mass is 246 g/mol. The lowest BCUT2D eigenvalue weighted by Crippen LogP contribution is -1.84. The van der Waals surface area contributed by atoms with Crippen molar-refractivity contribution in [1.29, 1.82) is 0 Å². The van der Waals surface area contributed by atoms with E-state index in [1.807, 2.05) is 6.07 Å². The Hall–Kier alpha value is -0.0900. The van der Waals surface area contributed by atoms with Gasteiger partial charge >= 0.3 is 0 Å². The van der Waals surface area contributed by atoms with E-state index in [-0.39, 0.29) is 0 Å². The van der Waals surface area contributed by atoms with Gasteiger partial charge < -0.3 is 0 Å². The highest BCUT2D eigenvalue weighted by Crippen LogP contribution is 2.18. The second-order valence-corrected chi connectivity index (χ2v) is 4.31. The van der Waals surface area contributed by atoms with Crippen LogP contribution in [-0.2, 0) is 0 Å². The van der Waals surface area contributed by atoms with Crippen LogP contribution >= 0.6 is 27.7 Å². The van der Waals surface area contributed by atoms with Gasteiger partial charge in [-0.3, -0.25) is 0 Å². The molecule has 0 unspecified atom stereocenters. The molecule has 0 aliphatic heterocycles. The van der Waals surface area contributed by atoms with Crippen molar-refractivity contribution >= 4 is 27.7 Å². The van der Waals surface area contributed by atoms with E-state index in [0.717, 1.165) is 15.4 Å². The quantitative estimate of drug-likeness (QED) is 0.464. The van der Waals surface area contributed by atoms with Gasteiger partial charge in [-0.05, 0) is 28.1 Å². The molecule has 0 radical (unpaired) electrons. The van der Waals surface area contributed by atoms with Crippen molar-refractivity contribution in [3.63, 3.8) is 0 Å². The molecule has 0 aliphatic carbocycles. The highest BCUT2D eigenvalue weighted by Gasteiger charge is 1.95. The van der Waals surface area contributed by atoms with Crippen LogP contribution in [0, 0.1) is 0 Å². The lowest BCUT2D eigenvalue weighted by molar-refractivity contribution is 0.893. The van der Waals surface area contributed by atoms with Crippen molar-refractivity contribution in [3.05, 3.63) is 17.0 Å². The molecule has 0 N–H and O–H groups in total. The number of nitrogens with zero attached hydrogens (tertiary/aromatic N) is 2. The maximum Gasteiger partial charge on any atom is 0.118 e. The number of thioether (sulfide) groups is 1. The second kappa shape index (κ2) is 5.54. The molecule has 12 heavy (non-hydrogen) atoms. The lowest BCUT2D eigenvalue weighted by atomic mass is 10.4. The summed E-state index contributed by atoms with van der Waals surface area (Å²) in [5, 5.41) is 1.05. The minimum absolute atomic E-state index is 0.858. The summed E-state index contributed by atoms with van der Waals surface area (Å²) in [6.45, 7) is 2.19. The van der Waals surface area contributed by atoms with Crippen LogP contribution in [0.4, 0.5) is 0 Å². The third kappa shape index (κ3) is 3.54. The first-order valence-electron chi connectivity index (χ1n) is 3.93. The SMILES string of the molecule is CCCCSc1cc(Br)ncn1. The van der Waals surface area contributed by atoms with E-state index in [0.29, 0.717) is 0 Å². The summed E-state index contributed by atoms with van der Waals surface area (Å²) in [4.78, 5) is 8.09. The van der Waals surface area contributed by atoms with Gasteiger partial charge in [0.05, 0.1) is 0 Å². The lowest BCUT2D eigenvalue weighted by Gasteiger charge is -1.98. The number of hydrogen-bond donors (Lipinski definition) is 0. The van der Waals surface area contributed by atoms with Gasteiger partial charge in [0, 0.05) is 6.07 Å². The van der Waals surface area contributed by atoms with Gasteiger partial charge in [-0.25, -0.2) is 9.97 Å². The van der Waals surface area contributed by atoms with E-state index >= 15 is 0 Å².